The highest BCUT2D eigenvalue weighted by Gasteiger charge is 2.30. The minimum Gasteiger partial charge on any atom is -0.481 e. The Bertz CT molecular complexity index is 310. The summed E-state index contributed by atoms with van der Waals surface area (Å²) in [5, 5.41) is 11.7. The fourth-order valence-corrected chi connectivity index (χ4v) is 1.94. The van der Waals surface area contributed by atoms with Crippen LogP contribution < -0.4 is 5.32 Å². The summed E-state index contributed by atoms with van der Waals surface area (Å²) in [5.41, 5.74) is 0.0695. The number of nitrogens with one attached hydrogen (secondary N) is 1. The van der Waals surface area contributed by atoms with Crippen molar-refractivity contribution < 1.29 is 19.4 Å². The maximum absolute atomic E-state index is 11.9. The quantitative estimate of drug-likeness (QED) is 0.778. The first-order valence-electron chi connectivity index (χ1n) is 6.44. The Morgan fingerprint density at radius 3 is 2.33 bits per heavy atom. The molecule has 1 saturated heterocycles. The SMILES string of the molecule is CC(C(=O)O)C(C)C(=O)NCC1(C)CCOCC1. The number of carboxylic acid groups (broad SMARTS) is 1. The van der Waals surface area contributed by atoms with Crippen molar-refractivity contribution in [3.8, 4) is 0 Å². The molecule has 1 fully saturated rings. The van der Waals surface area contributed by atoms with Crippen molar-refractivity contribution in [3.05, 3.63) is 0 Å². The highest BCUT2D eigenvalue weighted by Crippen LogP contribution is 2.28. The molecule has 1 amide bonds. The third-order valence-corrected chi connectivity index (χ3v) is 3.94. The summed E-state index contributed by atoms with van der Waals surface area (Å²) < 4.78 is 5.30. The second-order valence-corrected chi connectivity index (χ2v) is 5.56. The van der Waals surface area contributed by atoms with Crippen LogP contribution in [0.15, 0.2) is 0 Å². The summed E-state index contributed by atoms with van der Waals surface area (Å²) >= 11 is 0. The largest absolute Gasteiger partial charge is 0.481 e. The summed E-state index contributed by atoms with van der Waals surface area (Å²) in [6.45, 7) is 7.39. The summed E-state index contributed by atoms with van der Waals surface area (Å²) in [7, 11) is 0. The average Bonchev–Trinajstić information content (AvgIpc) is 2.35. The number of carboxylic acids is 1. The van der Waals surface area contributed by atoms with Gasteiger partial charge in [0.25, 0.3) is 0 Å². The normalized spacial score (nSPS) is 21.9. The van der Waals surface area contributed by atoms with Crippen LogP contribution in [-0.2, 0) is 14.3 Å². The maximum atomic E-state index is 11.9. The average molecular weight is 257 g/mol. The van der Waals surface area contributed by atoms with Crippen LogP contribution in [-0.4, -0.2) is 36.7 Å². The van der Waals surface area contributed by atoms with Crippen LogP contribution >= 0.6 is 0 Å². The molecule has 1 aliphatic heterocycles. The van der Waals surface area contributed by atoms with Crippen molar-refractivity contribution in [2.45, 2.75) is 33.6 Å². The molecule has 0 aromatic heterocycles. The molecule has 0 radical (unpaired) electrons. The molecule has 0 spiro atoms. The molecule has 5 heteroatoms. The molecule has 18 heavy (non-hydrogen) atoms. The Morgan fingerprint density at radius 2 is 1.83 bits per heavy atom. The Balaban J connectivity index is 2.42. The van der Waals surface area contributed by atoms with Gasteiger partial charge in [0.1, 0.15) is 0 Å². The molecule has 1 aliphatic rings. The van der Waals surface area contributed by atoms with Gasteiger partial charge in [-0.2, -0.15) is 0 Å². The molecule has 0 saturated carbocycles. The van der Waals surface area contributed by atoms with Crippen molar-refractivity contribution >= 4 is 11.9 Å². The first-order valence-corrected chi connectivity index (χ1v) is 6.44. The topological polar surface area (TPSA) is 75.6 Å². The highest BCUT2D eigenvalue weighted by molar-refractivity contribution is 5.84. The number of amides is 1. The lowest BCUT2D eigenvalue weighted by Crippen LogP contribution is -2.43. The molecule has 0 aromatic carbocycles. The molecule has 1 rings (SSSR count). The number of hydrogen-bond donors (Lipinski definition) is 2. The van der Waals surface area contributed by atoms with Crippen LogP contribution in [0, 0.1) is 17.3 Å². The molecule has 0 aromatic rings. The zero-order valence-corrected chi connectivity index (χ0v) is 11.4. The van der Waals surface area contributed by atoms with E-state index in [9.17, 15) is 9.59 Å². The van der Waals surface area contributed by atoms with Gasteiger partial charge in [-0.25, -0.2) is 0 Å². The highest BCUT2D eigenvalue weighted by atomic mass is 16.5. The second kappa shape index (κ2) is 6.18. The number of aliphatic carboxylic acids is 1. The molecular weight excluding hydrogens is 234 g/mol. The van der Waals surface area contributed by atoms with Gasteiger partial charge in [0.05, 0.1) is 5.92 Å². The van der Waals surface area contributed by atoms with E-state index in [0.717, 1.165) is 26.1 Å². The van der Waals surface area contributed by atoms with Crippen molar-refractivity contribution in [1.29, 1.82) is 0 Å². The Morgan fingerprint density at radius 1 is 1.28 bits per heavy atom. The van der Waals surface area contributed by atoms with Gasteiger partial charge in [-0.05, 0) is 18.3 Å². The van der Waals surface area contributed by atoms with Gasteiger partial charge in [0.15, 0.2) is 0 Å². The van der Waals surface area contributed by atoms with Gasteiger partial charge in [-0.15, -0.1) is 0 Å². The molecule has 2 N–H and O–H groups in total. The molecule has 2 atom stereocenters. The van der Waals surface area contributed by atoms with Gasteiger partial charge in [-0.1, -0.05) is 20.8 Å². The number of carbonyl (C=O) groups excluding carboxylic acids is 1. The minimum atomic E-state index is -0.935. The van der Waals surface area contributed by atoms with Crippen molar-refractivity contribution in [2.24, 2.45) is 17.3 Å². The van der Waals surface area contributed by atoms with Crippen LogP contribution in [0.5, 0.6) is 0 Å². The summed E-state index contributed by atoms with van der Waals surface area (Å²) in [4.78, 5) is 22.7. The van der Waals surface area contributed by atoms with E-state index < -0.39 is 17.8 Å². The maximum Gasteiger partial charge on any atom is 0.307 e. The summed E-state index contributed by atoms with van der Waals surface area (Å²) in [5.74, 6) is -2.29. The lowest BCUT2D eigenvalue weighted by molar-refractivity contribution is -0.146. The fourth-order valence-electron chi connectivity index (χ4n) is 1.94. The van der Waals surface area contributed by atoms with E-state index in [1.54, 1.807) is 13.8 Å². The van der Waals surface area contributed by atoms with E-state index in [-0.39, 0.29) is 11.3 Å². The van der Waals surface area contributed by atoms with E-state index in [1.807, 2.05) is 0 Å². The van der Waals surface area contributed by atoms with Crippen LogP contribution in [0.3, 0.4) is 0 Å². The fraction of sp³-hybridized carbons (Fsp3) is 0.846. The number of carbonyl (C=O) groups is 2. The lowest BCUT2D eigenvalue weighted by Gasteiger charge is -2.34. The minimum absolute atomic E-state index is 0.0695. The Hall–Kier alpha value is -1.10. The number of hydrogen-bond acceptors (Lipinski definition) is 3. The second-order valence-electron chi connectivity index (χ2n) is 5.56. The van der Waals surface area contributed by atoms with E-state index >= 15 is 0 Å². The molecule has 0 bridgehead atoms. The zero-order valence-electron chi connectivity index (χ0n) is 11.4. The molecule has 5 nitrogen and oxygen atoms in total. The van der Waals surface area contributed by atoms with Gasteiger partial charge in [0, 0.05) is 25.7 Å². The first-order chi connectivity index (χ1) is 8.36. The van der Waals surface area contributed by atoms with Gasteiger partial charge in [0.2, 0.25) is 5.91 Å². The molecule has 104 valence electrons. The molecular formula is C13H23NO4. The van der Waals surface area contributed by atoms with E-state index in [0.29, 0.717) is 6.54 Å². The van der Waals surface area contributed by atoms with E-state index in [2.05, 4.69) is 12.2 Å². The lowest BCUT2D eigenvalue weighted by atomic mass is 9.82. The van der Waals surface area contributed by atoms with Crippen molar-refractivity contribution in [2.75, 3.05) is 19.8 Å². The predicted octanol–water partition coefficient (Wildman–Crippen LogP) is 1.28. The molecule has 2 unspecified atom stereocenters. The van der Waals surface area contributed by atoms with Crippen LogP contribution in [0.1, 0.15) is 33.6 Å². The number of rotatable bonds is 5. The monoisotopic (exact) mass is 257 g/mol. The van der Waals surface area contributed by atoms with Crippen molar-refractivity contribution in [3.63, 3.8) is 0 Å². The van der Waals surface area contributed by atoms with Crippen molar-refractivity contribution in [1.82, 2.24) is 5.32 Å². The molecule has 1 heterocycles. The Kier molecular flexibility index (Phi) is 5.14. The number of ether oxygens (including phenoxy) is 1. The summed E-state index contributed by atoms with van der Waals surface area (Å²) in [6.07, 6.45) is 1.85. The van der Waals surface area contributed by atoms with Crippen LogP contribution in [0.2, 0.25) is 0 Å². The van der Waals surface area contributed by atoms with Gasteiger partial charge >= 0.3 is 5.97 Å². The smallest absolute Gasteiger partial charge is 0.307 e. The van der Waals surface area contributed by atoms with Crippen LogP contribution in [0.4, 0.5) is 0 Å². The summed E-state index contributed by atoms with van der Waals surface area (Å²) in [6, 6.07) is 0. The van der Waals surface area contributed by atoms with Crippen LogP contribution in [0.25, 0.3) is 0 Å². The molecule has 0 aliphatic carbocycles. The Labute approximate surface area is 108 Å². The zero-order chi connectivity index (χ0) is 13.8. The third kappa shape index (κ3) is 3.98. The standard InChI is InChI=1S/C13H23NO4/c1-9(10(2)12(16)17)11(15)14-8-13(3)4-6-18-7-5-13/h9-10H,4-8H2,1-3H3,(H,14,15)(H,16,17). The van der Waals surface area contributed by atoms with E-state index in [1.165, 1.54) is 0 Å². The van der Waals surface area contributed by atoms with Gasteiger partial charge < -0.3 is 15.2 Å². The third-order valence-electron chi connectivity index (χ3n) is 3.94. The van der Waals surface area contributed by atoms with Gasteiger partial charge in [-0.3, -0.25) is 9.59 Å². The predicted molar refractivity (Wildman–Crippen MR) is 67.1 cm³/mol. The van der Waals surface area contributed by atoms with E-state index in [4.69, 9.17) is 9.84 Å². The first kappa shape index (κ1) is 15.0.